The second kappa shape index (κ2) is 6.73. The zero-order valence-electron chi connectivity index (χ0n) is 13.4. The molecule has 1 N–H and O–H groups in total. The number of aromatic nitrogens is 1. The lowest BCUT2D eigenvalue weighted by Gasteiger charge is -2.17. The van der Waals surface area contributed by atoms with Crippen molar-refractivity contribution in [1.29, 1.82) is 0 Å². The SMILES string of the molecule is COC(=O)c1c#cc(-c2cc(C(F)(F)F)ccc2[C@@H]2CCNC2)cn1. The van der Waals surface area contributed by atoms with Gasteiger partial charge in [0.1, 0.15) is 0 Å². The molecule has 1 aromatic carbocycles. The first-order valence-corrected chi connectivity index (χ1v) is 7.70. The van der Waals surface area contributed by atoms with Crippen LogP contribution >= 0.6 is 0 Å². The lowest BCUT2D eigenvalue weighted by Crippen LogP contribution is -2.10. The summed E-state index contributed by atoms with van der Waals surface area (Å²) in [6, 6.07) is 9.00. The lowest BCUT2D eigenvalue weighted by molar-refractivity contribution is -0.137. The van der Waals surface area contributed by atoms with E-state index in [4.69, 9.17) is 0 Å². The maximum absolute atomic E-state index is 13.1. The Morgan fingerprint density at radius 2 is 2.16 bits per heavy atom. The van der Waals surface area contributed by atoms with E-state index < -0.39 is 17.7 Å². The van der Waals surface area contributed by atoms with E-state index in [1.165, 1.54) is 19.4 Å². The first-order valence-electron chi connectivity index (χ1n) is 7.70. The second-order valence-electron chi connectivity index (χ2n) is 5.75. The van der Waals surface area contributed by atoms with E-state index in [2.05, 4.69) is 27.2 Å². The third kappa shape index (κ3) is 3.59. The number of ether oxygens (including phenoxy) is 1. The summed E-state index contributed by atoms with van der Waals surface area (Å²) in [5, 5.41) is 3.21. The van der Waals surface area contributed by atoms with Gasteiger partial charge in [-0.1, -0.05) is 12.1 Å². The Bertz CT molecular complexity index is 767. The van der Waals surface area contributed by atoms with Crippen LogP contribution in [0.15, 0.2) is 24.4 Å². The first-order chi connectivity index (χ1) is 11.9. The first kappa shape index (κ1) is 17.2. The molecule has 0 bridgehead atoms. The van der Waals surface area contributed by atoms with Gasteiger partial charge < -0.3 is 10.1 Å². The van der Waals surface area contributed by atoms with E-state index in [0.717, 1.165) is 30.7 Å². The standard InChI is InChI=1S/C18H15F3N2O2/c1-25-17(24)16-5-2-11(10-23-16)15-8-13(18(19,20)21)3-4-14(15)12-6-7-22-9-12/h3-4,8,10,12,22H,6-7,9H2,1H3/t12-/m1/s1. The van der Waals surface area contributed by atoms with Crippen LogP contribution in [0.2, 0.25) is 0 Å². The van der Waals surface area contributed by atoms with Crippen molar-refractivity contribution in [1.82, 2.24) is 10.3 Å². The smallest absolute Gasteiger partial charge is 0.416 e. The molecule has 0 saturated carbocycles. The van der Waals surface area contributed by atoms with Crippen molar-refractivity contribution in [3.63, 3.8) is 0 Å². The minimum atomic E-state index is -4.44. The molecule has 0 unspecified atom stereocenters. The summed E-state index contributed by atoms with van der Waals surface area (Å²) < 4.78 is 43.8. The summed E-state index contributed by atoms with van der Waals surface area (Å²) in [7, 11) is 1.21. The molecular formula is C18H15F3N2O2. The average Bonchev–Trinajstić information content (AvgIpc) is 3.14. The Morgan fingerprint density at radius 1 is 1.36 bits per heavy atom. The van der Waals surface area contributed by atoms with E-state index >= 15 is 0 Å². The number of alkyl halides is 3. The number of nitrogens with one attached hydrogen (secondary N) is 1. The predicted molar refractivity (Wildman–Crippen MR) is 83.9 cm³/mol. The lowest BCUT2D eigenvalue weighted by atomic mass is 9.89. The van der Waals surface area contributed by atoms with Gasteiger partial charge in [-0.05, 0) is 48.2 Å². The zero-order chi connectivity index (χ0) is 18.0. The zero-order valence-corrected chi connectivity index (χ0v) is 13.4. The second-order valence-corrected chi connectivity index (χ2v) is 5.75. The Hall–Kier alpha value is -2.59. The van der Waals surface area contributed by atoms with Crippen molar-refractivity contribution in [2.24, 2.45) is 0 Å². The molecular weight excluding hydrogens is 333 g/mol. The highest BCUT2D eigenvalue weighted by Gasteiger charge is 2.32. The highest BCUT2D eigenvalue weighted by molar-refractivity contribution is 5.86. The molecule has 1 aliphatic heterocycles. The molecule has 0 aliphatic carbocycles. The Morgan fingerprint density at radius 3 is 2.72 bits per heavy atom. The molecule has 25 heavy (non-hydrogen) atoms. The number of rotatable bonds is 3. The van der Waals surface area contributed by atoms with Crippen LogP contribution in [0.1, 0.15) is 34.0 Å². The molecule has 1 fully saturated rings. The molecule has 2 heterocycles. The largest absolute Gasteiger partial charge is 0.464 e. The molecule has 130 valence electrons. The van der Waals surface area contributed by atoms with E-state index in [9.17, 15) is 18.0 Å². The number of carbonyl (C=O) groups excluding carboxylic acids is 1. The molecule has 1 aromatic heterocycles. The molecule has 0 amide bonds. The van der Waals surface area contributed by atoms with Crippen molar-refractivity contribution in [3.8, 4) is 11.1 Å². The van der Waals surface area contributed by atoms with Crippen molar-refractivity contribution in [2.75, 3.05) is 20.2 Å². The Labute approximate surface area is 143 Å². The van der Waals surface area contributed by atoms with Crippen LogP contribution in [0, 0.1) is 12.1 Å². The van der Waals surface area contributed by atoms with Gasteiger partial charge in [0, 0.05) is 12.7 Å². The number of hydrogen-bond donors (Lipinski definition) is 1. The van der Waals surface area contributed by atoms with Crippen molar-refractivity contribution >= 4 is 5.97 Å². The molecule has 7 heteroatoms. The Balaban J connectivity index is 2.06. The summed E-state index contributed by atoms with van der Waals surface area (Å²) in [6.45, 7) is 1.52. The average molecular weight is 348 g/mol. The summed E-state index contributed by atoms with van der Waals surface area (Å²) in [6.07, 6.45) is -2.27. The fraction of sp³-hybridized carbons (Fsp3) is 0.333. The summed E-state index contributed by atoms with van der Waals surface area (Å²) >= 11 is 0. The van der Waals surface area contributed by atoms with E-state index in [1.807, 2.05) is 0 Å². The maximum Gasteiger partial charge on any atom is 0.416 e. The molecule has 0 spiro atoms. The number of esters is 1. The topological polar surface area (TPSA) is 51.2 Å². The van der Waals surface area contributed by atoms with Crippen LogP contribution in [0.4, 0.5) is 13.2 Å². The predicted octanol–water partition coefficient (Wildman–Crippen LogP) is 3.23. The van der Waals surface area contributed by atoms with Gasteiger partial charge in [0.2, 0.25) is 0 Å². The number of halogens is 3. The van der Waals surface area contributed by atoms with E-state index in [0.29, 0.717) is 17.7 Å². The monoisotopic (exact) mass is 348 g/mol. The van der Waals surface area contributed by atoms with Gasteiger partial charge in [-0.25, -0.2) is 9.78 Å². The highest BCUT2D eigenvalue weighted by Crippen LogP contribution is 2.37. The number of hydrogen-bond acceptors (Lipinski definition) is 4. The highest BCUT2D eigenvalue weighted by atomic mass is 19.4. The summed E-state index contributed by atoms with van der Waals surface area (Å²) in [5.41, 5.74) is 0.768. The molecule has 2 aromatic rings. The van der Waals surface area contributed by atoms with Gasteiger partial charge in [0.25, 0.3) is 0 Å². The van der Waals surface area contributed by atoms with Crippen LogP contribution in [-0.4, -0.2) is 31.2 Å². The molecule has 4 nitrogen and oxygen atoms in total. The van der Waals surface area contributed by atoms with Gasteiger partial charge in [-0.2, -0.15) is 13.2 Å². The number of nitrogens with zero attached hydrogens (tertiary/aromatic N) is 1. The van der Waals surface area contributed by atoms with Crippen molar-refractivity contribution < 1.29 is 22.7 Å². The van der Waals surface area contributed by atoms with Gasteiger partial charge in [0.05, 0.1) is 18.2 Å². The van der Waals surface area contributed by atoms with Crippen molar-refractivity contribution in [3.05, 3.63) is 53.3 Å². The van der Waals surface area contributed by atoms with Crippen LogP contribution < -0.4 is 5.32 Å². The van der Waals surface area contributed by atoms with Gasteiger partial charge in [-0.3, -0.25) is 0 Å². The molecule has 1 atom stereocenters. The number of methoxy groups -OCH3 is 1. The minimum absolute atomic E-state index is 0.0673. The normalized spacial score (nSPS) is 17.2. The fourth-order valence-corrected chi connectivity index (χ4v) is 2.90. The molecule has 1 saturated heterocycles. The van der Waals surface area contributed by atoms with Crippen LogP contribution in [0.3, 0.4) is 0 Å². The minimum Gasteiger partial charge on any atom is -0.464 e. The maximum atomic E-state index is 13.1. The van der Waals surface area contributed by atoms with E-state index in [1.54, 1.807) is 0 Å². The summed E-state index contributed by atoms with van der Waals surface area (Å²) in [5.74, 6) is -0.557. The van der Waals surface area contributed by atoms with Crippen LogP contribution in [-0.2, 0) is 10.9 Å². The van der Waals surface area contributed by atoms with Crippen molar-refractivity contribution in [2.45, 2.75) is 18.5 Å². The molecule has 1 aliphatic rings. The molecule has 0 radical (unpaired) electrons. The third-order valence-corrected chi connectivity index (χ3v) is 4.19. The van der Waals surface area contributed by atoms with Gasteiger partial charge in [0.15, 0.2) is 5.69 Å². The Kier molecular flexibility index (Phi) is 4.64. The quantitative estimate of drug-likeness (QED) is 0.866. The number of benzene rings is 1. The van der Waals surface area contributed by atoms with Crippen LogP contribution in [0.25, 0.3) is 11.1 Å². The third-order valence-electron chi connectivity index (χ3n) is 4.19. The van der Waals surface area contributed by atoms with Gasteiger partial charge in [-0.15, -0.1) is 0 Å². The number of carbonyl (C=O) groups is 1. The van der Waals surface area contributed by atoms with E-state index in [-0.39, 0.29) is 11.6 Å². The fourth-order valence-electron chi connectivity index (χ4n) is 2.90. The molecule has 3 rings (SSSR count). The van der Waals surface area contributed by atoms with Gasteiger partial charge >= 0.3 is 12.1 Å². The summed E-state index contributed by atoms with van der Waals surface area (Å²) in [4.78, 5) is 15.4. The van der Waals surface area contributed by atoms with Crippen LogP contribution in [0.5, 0.6) is 0 Å².